The fourth-order valence-electron chi connectivity index (χ4n) is 14.6. The van der Waals surface area contributed by atoms with Crippen LogP contribution in [0.5, 0.6) is 51.7 Å². The molecule has 1 N–H and O–H groups in total. The molecular weight excluding hydrogens is 1930 g/mol. The number of fused-ring (bicyclic) bond motifs is 4. The smallest absolute Gasteiger partial charge is 0.159 e. The van der Waals surface area contributed by atoms with Gasteiger partial charge in [0, 0.05) is 195 Å². The van der Waals surface area contributed by atoms with Crippen LogP contribution in [0.2, 0.25) is 0 Å². The van der Waals surface area contributed by atoms with E-state index in [1.165, 1.54) is 22.3 Å². The number of phenolic OH excluding ortho intramolecular Hbond substituents is 1. The van der Waals surface area contributed by atoms with Gasteiger partial charge >= 0.3 is 0 Å². The van der Waals surface area contributed by atoms with Gasteiger partial charge in [-0.25, -0.2) is 29.9 Å². The number of phenols is 1. The third kappa shape index (κ3) is 27.7. The molecule has 16 aromatic rings. The molecule has 692 valence electrons. The molecule has 0 aliphatic carbocycles. The van der Waals surface area contributed by atoms with Gasteiger partial charge in [-0.3, -0.25) is 0 Å². The Morgan fingerprint density at radius 2 is 0.692 bits per heavy atom. The summed E-state index contributed by atoms with van der Waals surface area (Å²) in [5, 5.41) is 11.6. The van der Waals surface area contributed by atoms with Gasteiger partial charge in [-0.15, -0.1) is 34.7 Å². The number of methoxy groups -OCH3 is 8. The monoisotopic (exact) mass is 2040 g/mol. The number of nitrogens with zero attached hydrogens (tertiary/aromatic N) is 12. The van der Waals surface area contributed by atoms with E-state index in [1.54, 1.807) is 117 Å². The predicted molar refractivity (Wildman–Crippen MR) is 533 cm³/mol. The van der Waals surface area contributed by atoms with Crippen LogP contribution >= 0.6 is 39.5 Å². The van der Waals surface area contributed by atoms with E-state index in [9.17, 15) is 5.11 Å². The molecule has 133 heavy (non-hydrogen) atoms. The van der Waals surface area contributed by atoms with E-state index in [0.29, 0.717) is 122 Å². The van der Waals surface area contributed by atoms with Crippen molar-refractivity contribution in [1.82, 2.24) is 58.1 Å². The van der Waals surface area contributed by atoms with Gasteiger partial charge < -0.3 is 80.7 Å². The summed E-state index contributed by atoms with van der Waals surface area (Å²) in [7, 11) is 13.4. The molecule has 0 fully saturated rings. The Balaban J connectivity index is 0.000000190. The van der Waals surface area contributed by atoms with Gasteiger partial charge in [0.1, 0.15) is 95.7 Å². The Kier molecular flexibility index (Phi) is 42.4. The first-order chi connectivity index (χ1) is 63.4. The number of hydrogen-bond donors (Lipinski definition) is 1. The topological polar surface area (TPSA) is 235 Å². The summed E-state index contributed by atoms with van der Waals surface area (Å²) >= 11 is 6.63. The molecule has 0 aliphatic heterocycles. The second-order valence-corrected chi connectivity index (χ2v) is 34.4. The molecule has 0 atom stereocenters. The Bertz CT molecular complexity index is 6160. The van der Waals surface area contributed by atoms with Crippen molar-refractivity contribution in [3.8, 4) is 97.3 Å². The van der Waals surface area contributed by atoms with Gasteiger partial charge in [0.25, 0.3) is 0 Å². The maximum absolute atomic E-state index is 9.93. The van der Waals surface area contributed by atoms with Crippen molar-refractivity contribution in [3.63, 3.8) is 0 Å². The first kappa shape index (κ1) is 107. The van der Waals surface area contributed by atoms with E-state index < -0.39 is 0 Å². The van der Waals surface area contributed by atoms with Crippen LogP contribution < -0.4 is 28.4 Å². The summed E-state index contributed by atoms with van der Waals surface area (Å²) in [6.07, 6.45) is 16.5. The summed E-state index contributed by atoms with van der Waals surface area (Å²) in [6.45, 7) is 28.5. The van der Waals surface area contributed by atoms with Crippen LogP contribution in [0.1, 0.15) is 118 Å². The molecule has 0 saturated heterocycles. The molecule has 0 amide bonds. The Labute approximate surface area is 849 Å². The minimum Gasteiger partial charge on any atom is -0.508 e. The van der Waals surface area contributed by atoms with Crippen LogP contribution in [0, 0.1) is 33.2 Å². The summed E-state index contributed by atoms with van der Waals surface area (Å²) in [5.41, 5.74) is 19.5. The fourth-order valence-corrected chi connectivity index (χ4v) is 16.0. The van der Waals surface area contributed by atoms with Crippen molar-refractivity contribution in [2.24, 2.45) is 0 Å². The molecule has 8 aromatic carbocycles. The quantitative estimate of drug-likeness (QED) is 0.0325. The Morgan fingerprint density at radius 1 is 0.361 bits per heavy atom. The molecule has 0 spiro atoms. The van der Waals surface area contributed by atoms with Gasteiger partial charge in [0.2, 0.25) is 0 Å². The zero-order chi connectivity index (χ0) is 93.8. The normalized spacial score (nSPS) is 10.9. The second-order valence-electron chi connectivity index (χ2n) is 31.9. The molecule has 0 unspecified atom stereocenters. The molecule has 2 radical (unpaired) electrons. The van der Waals surface area contributed by atoms with Crippen molar-refractivity contribution >= 4 is 83.6 Å². The zero-order valence-corrected chi connectivity index (χ0v) is 88.8. The van der Waals surface area contributed by atoms with Crippen molar-refractivity contribution in [2.45, 2.75) is 136 Å². The van der Waals surface area contributed by atoms with Crippen LogP contribution in [0.25, 0.3) is 89.7 Å². The zero-order valence-electron chi connectivity index (χ0n) is 79.9. The number of pyridine rings is 4. The number of benzene rings is 8. The average molecular weight is 2050 g/mol. The summed E-state index contributed by atoms with van der Waals surface area (Å²) < 4.78 is 66.1. The fraction of sp³-hybridized carbons (Fsp3) is 0.314. The van der Waals surface area contributed by atoms with Crippen LogP contribution in [0.3, 0.4) is 0 Å². The van der Waals surface area contributed by atoms with Crippen molar-refractivity contribution < 1.29 is 118 Å². The maximum Gasteiger partial charge on any atom is 0.159 e. The Morgan fingerprint density at radius 3 is 1.03 bits per heavy atom. The molecule has 0 aliphatic rings. The second kappa shape index (κ2) is 52.8. The molecule has 23 nitrogen and oxygen atoms in total. The molecule has 0 saturated carbocycles. The van der Waals surface area contributed by atoms with Crippen molar-refractivity contribution in [1.29, 1.82) is 0 Å². The molecule has 8 aromatic heterocycles. The van der Waals surface area contributed by atoms with Gasteiger partial charge in [-0.2, -0.15) is 24.3 Å². The van der Waals surface area contributed by atoms with Crippen LogP contribution in [-0.2, 0) is 111 Å². The Hall–Kier alpha value is -9.93. The molecule has 16 rings (SSSR count). The average Bonchev–Trinajstić information content (AvgIpc) is 1.55. The molecule has 8 heterocycles. The minimum absolute atomic E-state index is 0. The van der Waals surface area contributed by atoms with Gasteiger partial charge in [-0.1, -0.05) is 207 Å². The predicted octanol–water partition coefficient (Wildman–Crippen LogP) is 24.9. The number of thioether (sulfide) groups is 2. The van der Waals surface area contributed by atoms with E-state index in [-0.39, 0.29) is 71.2 Å². The number of ether oxygens (including phenoxy) is 10. The van der Waals surface area contributed by atoms with Crippen molar-refractivity contribution in [3.05, 3.63) is 269 Å². The summed E-state index contributed by atoms with van der Waals surface area (Å²) in [5.74, 6) is 11.2. The summed E-state index contributed by atoms with van der Waals surface area (Å²) in [6, 6.07) is 62.6. The molecule has 28 heteroatoms. The van der Waals surface area contributed by atoms with Crippen LogP contribution in [0.4, 0.5) is 0 Å². The number of aromatic nitrogens is 12. The number of aromatic hydroxyl groups is 1. The molecular formula is C105H119BrN12O11S2Y2-2. The minimum atomic E-state index is 0. The van der Waals surface area contributed by atoms with E-state index in [4.69, 9.17) is 67.3 Å². The van der Waals surface area contributed by atoms with Crippen LogP contribution in [0.15, 0.2) is 227 Å². The van der Waals surface area contributed by atoms with E-state index in [1.807, 2.05) is 112 Å². The third-order valence-corrected chi connectivity index (χ3v) is 23.5. The van der Waals surface area contributed by atoms with E-state index in [2.05, 4.69) is 219 Å². The largest absolute Gasteiger partial charge is 0.508 e. The van der Waals surface area contributed by atoms with Crippen molar-refractivity contribution in [2.75, 3.05) is 95.8 Å². The number of halogens is 1. The number of aryl methyl sites for hydroxylation is 3. The first-order valence-electron chi connectivity index (χ1n) is 43.4. The summed E-state index contributed by atoms with van der Waals surface area (Å²) in [4.78, 5) is 36.0. The number of rotatable bonds is 30. The number of imidazole rings is 4. The van der Waals surface area contributed by atoms with Crippen LogP contribution in [-0.4, -0.2) is 159 Å². The standard InChI is InChI=1S/C27H31N3O3S.C26H29N3O3S.C20H23BrN2O2.C20H24N2O3.2C6H6N.2Y/c1-17(2)19-9-11-20(12-10-19)26-29-24-18(3)22(33-21-8-7-13-28-27(21)34-6)16-23(32-5)25(24)30(26)14-15-31-4;1-17(2)18-8-10-19(11-9-18)25-28-21-15-20(32-22-7-6-12-27-26(22)33-5)16-23(31-4)24(21)29(25)13-14-30-3;1-13(2)14-5-7-15(8-6-14)20-22-17-11-16(21)12-18(25-4)19(17)23(20)9-10-24-3;1-13(2)14-5-7-15(8-6-14)20-21-17-11-16(23)12-18(25-4)19(17)22(20)9-10-24-3;2*1-6-3-2-4-7-5-6;;/h7-13,16-17H,14-15H2,1-6H3;6-12,15-17H,13-14H2,1-5H3;5-8,11-13H,9-10H2,1-4H3;5-8,11-13,23H,9-10H2,1-4H3;2*2-4H,1H3;;/q;;;;2*-1;;. The van der Waals surface area contributed by atoms with E-state index >= 15 is 0 Å². The van der Waals surface area contributed by atoms with Gasteiger partial charge in [0.15, 0.2) is 11.5 Å². The number of hydrogen-bond acceptors (Lipinski definition) is 21. The third-order valence-electron chi connectivity index (χ3n) is 21.6. The maximum atomic E-state index is 9.93. The molecule has 0 bridgehead atoms. The SMILES string of the molecule is COCCn1c(-c2ccc(C(C)C)cc2)nc2c(C)c(Oc3cccnc3SC)cc(OC)c21.COCCn1c(-c2ccc(C(C)C)cc2)nc2cc(Br)cc(OC)c21.COCCn1c(-c2ccc(C(C)C)cc2)nc2cc(O)cc(OC)c21.COCCn1c(-c2ccc(C(C)C)cc2)nc2cc(Oc3cccnc3SC)cc(OC)c21.Cc1[c-]nccc1.Cc1[c-]nccc1.[Y].[Y]. The van der Waals surface area contributed by atoms with E-state index in [0.717, 1.165) is 121 Å². The van der Waals surface area contributed by atoms with Gasteiger partial charge in [-0.05, 0) is 102 Å². The first-order valence-corrected chi connectivity index (χ1v) is 46.6. The van der Waals surface area contributed by atoms with Gasteiger partial charge in [0.05, 0.1) is 76.9 Å².